The number of carbonyl (C=O) groups excluding carboxylic acids is 1. The first kappa shape index (κ1) is 11.1. The number of ether oxygens (including phenoxy) is 1. The van der Waals surface area contributed by atoms with Crippen LogP contribution in [-0.4, -0.2) is 18.3 Å². The molecule has 0 bridgehead atoms. The van der Waals surface area contributed by atoms with Gasteiger partial charge in [0, 0.05) is 5.75 Å². The summed E-state index contributed by atoms with van der Waals surface area (Å²) >= 11 is 1.59. The van der Waals surface area contributed by atoms with E-state index in [9.17, 15) is 4.79 Å². The van der Waals surface area contributed by atoms with E-state index in [0.717, 1.165) is 5.75 Å². The predicted molar refractivity (Wildman–Crippen MR) is 59.2 cm³/mol. The van der Waals surface area contributed by atoms with Gasteiger partial charge in [0.15, 0.2) is 0 Å². The van der Waals surface area contributed by atoms with Gasteiger partial charge in [-0.1, -0.05) is 30.3 Å². The molecule has 2 nitrogen and oxygen atoms in total. The Kier molecular flexibility index (Phi) is 4.53. The fourth-order valence-electron chi connectivity index (χ4n) is 1.03. The Morgan fingerprint density at radius 2 is 2.07 bits per heavy atom. The number of esters is 1. The van der Waals surface area contributed by atoms with Gasteiger partial charge in [-0.3, -0.25) is 4.79 Å². The van der Waals surface area contributed by atoms with Gasteiger partial charge in [0.1, 0.15) is 0 Å². The predicted octanol–water partition coefficient (Wildman–Crippen LogP) is 2.48. The van der Waals surface area contributed by atoms with Crippen LogP contribution < -0.4 is 0 Å². The van der Waals surface area contributed by atoms with Gasteiger partial charge in [0.05, 0.1) is 12.4 Å². The molecule has 0 aliphatic carbocycles. The molecule has 0 N–H and O–H groups in total. The number of benzene rings is 1. The van der Waals surface area contributed by atoms with Crippen LogP contribution in [0.4, 0.5) is 0 Å². The molecule has 0 aromatic heterocycles. The van der Waals surface area contributed by atoms with Crippen LogP contribution in [0.3, 0.4) is 0 Å². The molecule has 1 aromatic rings. The van der Waals surface area contributed by atoms with Crippen LogP contribution in [0.25, 0.3) is 0 Å². The van der Waals surface area contributed by atoms with Gasteiger partial charge in [-0.2, -0.15) is 0 Å². The third-order valence-corrected chi connectivity index (χ3v) is 3.07. The number of methoxy groups -OCH3 is 1. The second-order valence-corrected chi connectivity index (χ2v) is 4.29. The number of rotatable bonds is 4. The average molecular weight is 210 g/mol. The zero-order valence-electron chi connectivity index (χ0n) is 8.40. The zero-order valence-corrected chi connectivity index (χ0v) is 9.21. The van der Waals surface area contributed by atoms with Crippen molar-refractivity contribution in [3.05, 3.63) is 35.9 Å². The molecular formula is C11H14O2S. The molecule has 0 amide bonds. The summed E-state index contributed by atoms with van der Waals surface area (Å²) < 4.78 is 4.64. The Morgan fingerprint density at radius 1 is 1.43 bits per heavy atom. The second kappa shape index (κ2) is 5.70. The quantitative estimate of drug-likeness (QED) is 0.714. The van der Waals surface area contributed by atoms with E-state index in [4.69, 9.17) is 0 Å². The summed E-state index contributed by atoms with van der Waals surface area (Å²) in [5.41, 5.74) is 1.23. The van der Waals surface area contributed by atoms with Crippen molar-refractivity contribution in [3.63, 3.8) is 0 Å². The summed E-state index contributed by atoms with van der Waals surface area (Å²) in [6.07, 6.45) is 0. The van der Waals surface area contributed by atoms with Gasteiger partial charge in [0.25, 0.3) is 0 Å². The minimum Gasteiger partial charge on any atom is -0.468 e. The van der Waals surface area contributed by atoms with Gasteiger partial charge < -0.3 is 4.74 Å². The molecule has 0 aliphatic heterocycles. The first-order chi connectivity index (χ1) is 6.74. The van der Waals surface area contributed by atoms with E-state index < -0.39 is 0 Å². The molecule has 0 aliphatic rings. The molecule has 0 fully saturated rings. The highest BCUT2D eigenvalue weighted by Gasteiger charge is 2.12. The van der Waals surface area contributed by atoms with Crippen LogP contribution in [0, 0.1) is 0 Å². The standard InChI is InChI=1S/C11H14O2S/c1-9(11(12)13-2)14-8-10-6-4-3-5-7-10/h3-7,9H,8H2,1-2H3/t9-/m1/s1. The summed E-state index contributed by atoms with van der Waals surface area (Å²) in [5, 5.41) is -0.0970. The molecule has 14 heavy (non-hydrogen) atoms. The van der Waals surface area contributed by atoms with Crippen LogP contribution in [0.5, 0.6) is 0 Å². The van der Waals surface area contributed by atoms with Gasteiger partial charge in [0.2, 0.25) is 0 Å². The summed E-state index contributed by atoms with van der Waals surface area (Å²) in [5.74, 6) is 0.683. The fourth-order valence-corrected chi connectivity index (χ4v) is 1.90. The summed E-state index contributed by atoms with van der Waals surface area (Å²) in [6.45, 7) is 1.86. The average Bonchev–Trinajstić information content (AvgIpc) is 2.26. The highest BCUT2D eigenvalue weighted by molar-refractivity contribution is 7.99. The lowest BCUT2D eigenvalue weighted by molar-refractivity contribution is -0.139. The van der Waals surface area contributed by atoms with Crippen LogP contribution in [0.2, 0.25) is 0 Å². The molecule has 0 unspecified atom stereocenters. The van der Waals surface area contributed by atoms with Crippen molar-refractivity contribution in [3.8, 4) is 0 Å². The Morgan fingerprint density at radius 3 is 2.64 bits per heavy atom. The number of thioether (sulfide) groups is 1. The van der Waals surface area contributed by atoms with Crippen molar-refractivity contribution in [2.75, 3.05) is 7.11 Å². The first-order valence-corrected chi connectivity index (χ1v) is 5.52. The molecular weight excluding hydrogens is 196 g/mol. The second-order valence-electron chi connectivity index (χ2n) is 2.96. The fraction of sp³-hybridized carbons (Fsp3) is 0.364. The Bertz CT molecular complexity index is 285. The lowest BCUT2D eigenvalue weighted by Crippen LogP contribution is -2.14. The van der Waals surface area contributed by atoms with Crippen molar-refractivity contribution in [2.45, 2.75) is 17.9 Å². The van der Waals surface area contributed by atoms with Gasteiger partial charge in [-0.05, 0) is 12.5 Å². The molecule has 1 atom stereocenters. The molecule has 0 saturated heterocycles. The molecule has 0 heterocycles. The van der Waals surface area contributed by atoms with Gasteiger partial charge in [-0.15, -0.1) is 11.8 Å². The number of hydrogen-bond donors (Lipinski definition) is 0. The van der Waals surface area contributed by atoms with E-state index in [1.54, 1.807) is 11.8 Å². The Balaban J connectivity index is 2.38. The normalized spacial score (nSPS) is 12.1. The molecule has 76 valence electrons. The van der Waals surface area contributed by atoms with Crippen LogP contribution >= 0.6 is 11.8 Å². The maximum absolute atomic E-state index is 11.1. The van der Waals surface area contributed by atoms with Crippen molar-refractivity contribution >= 4 is 17.7 Å². The van der Waals surface area contributed by atoms with E-state index in [0.29, 0.717) is 0 Å². The third kappa shape index (κ3) is 3.42. The van der Waals surface area contributed by atoms with Crippen molar-refractivity contribution in [1.82, 2.24) is 0 Å². The number of hydrogen-bond acceptors (Lipinski definition) is 3. The highest BCUT2D eigenvalue weighted by atomic mass is 32.2. The van der Waals surface area contributed by atoms with Crippen molar-refractivity contribution in [2.24, 2.45) is 0 Å². The summed E-state index contributed by atoms with van der Waals surface area (Å²) in [6, 6.07) is 10.1. The van der Waals surface area contributed by atoms with E-state index in [2.05, 4.69) is 16.9 Å². The van der Waals surface area contributed by atoms with Gasteiger partial charge >= 0.3 is 5.97 Å². The Hall–Kier alpha value is -0.960. The molecule has 1 aromatic carbocycles. The van der Waals surface area contributed by atoms with Crippen LogP contribution in [0.1, 0.15) is 12.5 Å². The van der Waals surface area contributed by atoms with Crippen molar-refractivity contribution in [1.29, 1.82) is 0 Å². The van der Waals surface area contributed by atoms with Crippen LogP contribution in [-0.2, 0) is 15.3 Å². The molecule has 0 spiro atoms. The van der Waals surface area contributed by atoms with E-state index >= 15 is 0 Å². The first-order valence-electron chi connectivity index (χ1n) is 4.47. The van der Waals surface area contributed by atoms with E-state index in [-0.39, 0.29) is 11.2 Å². The maximum Gasteiger partial charge on any atom is 0.318 e. The lowest BCUT2D eigenvalue weighted by Gasteiger charge is -2.08. The highest BCUT2D eigenvalue weighted by Crippen LogP contribution is 2.17. The van der Waals surface area contributed by atoms with Crippen LogP contribution in [0.15, 0.2) is 30.3 Å². The summed E-state index contributed by atoms with van der Waals surface area (Å²) in [4.78, 5) is 11.1. The topological polar surface area (TPSA) is 26.3 Å². The summed E-state index contributed by atoms with van der Waals surface area (Å²) in [7, 11) is 1.42. The molecule has 1 rings (SSSR count). The monoisotopic (exact) mass is 210 g/mol. The number of carbonyl (C=O) groups is 1. The van der Waals surface area contributed by atoms with E-state index in [1.807, 2.05) is 25.1 Å². The van der Waals surface area contributed by atoms with E-state index in [1.165, 1.54) is 12.7 Å². The lowest BCUT2D eigenvalue weighted by atomic mass is 10.2. The smallest absolute Gasteiger partial charge is 0.318 e. The molecule has 0 saturated carbocycles. The Labute approximate surface area is 88.7 Å². The zero-order chi connectivity index (χ0) is 10.4. The van der Waals surface area contributed by atoms with Gasteiger partial charge in [-0.25, -0.2) is 0 Å². The third-order valence-electron chi connectivity index (χ3n) is 1.88. The van der Waals surface area contributed by atoms with Crippen molar-refractivity contribution < 1.29 is 9.53 Å². The molecule has 0 radical (unpaired) electrons. The SMILES string of the molecule is COC(=O)[C@@H](C)SCc1ccccc1. The minimum atomic E-state index is -0.161. The maximum atomic E-state index is 11.1. The minimum absolute atomic E-state index is 0.0970. The largest absolute Gasteiger partial charge is 0.468 e. The molecule has 3 heteroatoms.